The molecule has 6 aromatic rings. The number of benzene rings is 4. The summed E-state index contributed by atoms with van der Waals surface area (Å²) < 4.78 is 2.86. The number of rotatable bonds is 6. The molecule has 0 amide bonds. The monoisotopic (exact) mass is 552 g/mol. The predicted molar refractivity (Wildman–Crippen MR) is 156 cm³/mol. The average molecular weight is 553 g/mol. The van der Waals surface area contributed by atoms with Crippen LogP contribution in [-0.2, 0) is 6.42 Å². The first-order valence-electron chi connectivity index (χ1n) is 12.3. The fourth-order valence-electron chi connectivity index (χ4n) is 4.74. The van der Waals surface area contributed by atoms with Crippen LogP contribution < -0.4 is 11.1 Å². The van der Waals surface area contributed by atoms with Gasteiger partial charge in [0.05, 0.1) is 32.8 Å². The number of nitrogens with one attached hydrogen (secondary N) is 2. The van der Waals surface area contributed by atoms with Gasteiger partial charge in [-0.05, 0) is 35.4 Å². The molecule has 0 atom stereocenters. The summed E-state index contributed by atoms with van der Waals surface area (Å²) in [5.74, 6) is 0. The van der Waals surface area contributed by atoms with Crippen molar-refractivity contribution in [3.8, 4) is 33.9 Å². The molecule has 0 saturated carbocycles. The van der Waals surface area contributed by atoms with Crippen molar-refractivity contribution in [1.29, 1.82) is 0 Å². The Hall–Kier alpha value is -4.52. The van der Waals surface area contributed by atoms with Crippen LogP contribution in [0.4, 0.5) is 0 Å². The van der Waals surface area contributed by atoms with Gasteiger partial charge in [0.15, 0.2) is 0 Å². The van der Waals surface area contributed by atoms with E-state index >= 15 is 0 Å². The van der Waals surface area contributed by atoms with Crippen molar-refractivity contribution < 1.29 is 0 Å². The number of para-hydroxylation sites is 2. The maximum Gasteiger partial charge on any atom is 0.275 e. The minimum atomic E-state index is -0.286. The van der Waals surface area contributed by atoms with Crippen molar-refractivity contribution in [3.05, 3.63) is 151 Å². The Morgan fingerprint density at radius 1 is 0.513 bits per heavy atom. The van der Waals surface area contributed by atoms with Crippen molar-refractivity contribution in [2.45, 2.75) is 6.42 Å². The van der Waals surface area contributed by atoms with E-state index in [0.717, 1.165) is 11.1 Å². The Morgan fingerprint density at radius 3 is 1.26 bits per heavy atom. The first-order valence-corrected chi connectivity index (χ1v) is 13.1. The maximum atomic E-state index is 13.9. The SMILES string of the molecule is O=c1c(Cc2c(-c3ccccc3)[nH]n(-c3ccccc3Cl)c2=O)c(-c2ccccc2)[nH]n1-c1ccccc1Cl. The molecule has 6 nitrogen and oxygen atoms in total. The smallest absolute Gasteiger partial charge is 0.275 e. The van der Waals surface area contributed by atoms with Gasteiger partial charge in [0.1, 0.15) is 0 Å². The first kappa shape index (κ1) is 24.8. The number of nitrogens with zero attached hydrogens (tertiary/aromatic N) is 2. The van der Waals surface area contributed by atoms with Gasteiger partial charge in [0.25, 0.3) is 11.1 Å². The van der Waals surface area contributed by atoms with Gasteiger partial charge in [0.2, 0.25) is 0 Å². The van der Waals surface area contributed by atoms with Crippen LogP contribution in [0.2, 0.25) is 10.0 Å². The zero-order valence-corrected chi connectivity index (χ0v) is 22.1. The molecule has 0 aliphatic rings. The van der Waals surface area contributed by atoms with Crippen LogP contribution in [0.1, 0.15) is 11.1 Å². The Bertz CT molecular complexity index is 1760. The lowest BCUT2D eigenvalue weighted by Gasteiger charge is -2.04. The number of aromatic amines is 2. The molecule has 4 aromatic carbocycles. The van der Waals surface area contributed by atoms with E-state index in [-0.39, 0.29) is 17.5 Å². The van der Waals surface area contributed by atoms with Gasteiger partial charge in [0, 0.05) is 17.5 Å². The molecule has 0 aliphatic heterocycles. The predicted octanol–water partition coefficient (Wildman–Crippen LogP) is 6.88. The summed E-state index contributed by atoms with van der Waals surface area (Å²) in [7, 11) is 0. The molecule has 2 heterocycles. The van der Waals surface area contributed by atoms with E-state index in [0.29, 0.717) is 43.9 Å². The zero-order chi connectivity index (χ0) is 26.9. The van der Waals surface area contributed by atoms with E-state index in [2.05, 4.69) is 10.2 Å². The zero-order valence-electron chi connectivity index (χ0n) is 20.6. The Kier molecular flexibility index (Phi) is 6.57. The highest BCUT2D eigenvalue weighted by Gasteiger charge is 2.24. The molecule has 0 bridgehead atoms. The Labute approximate surface area is 233 Å². The van der Waals surface area contributed by atoms with Gasteiger partial charge in [-0.1, -0.05) is 108 Å². The lowest BCUT2D eigenvalue weighted by molar-refractivity contribution is 0.846. The highest BCUT2D eigenvalue weighted by Crippen LogP contribution is 2.28. The van der Waals surface area contributed by atoms with E-state index in [1.165, 1.54) is 9.36 Å². The molecule has 0 spiro atoms. The molecule has 0 unspecified atom stereocenters. The second kappa shape index (κ2) is 10.3. The fourth-order valence-corrected chi connectivity index (χ4v) is 5.18. The summed E-state index contributed by atoms with van der Waals surface area (Å²) in [5.41, 5.74) is 4.24. The van der Waals surface area contributed by atoms with Crippen molar-refractivity contribution in [3.63, 3.8) is 0 Å². The van der Waals surface area contributed by atoms with Gasteiger partial charge in [-0.3, -0.25) is 19.8 Å². The molecule has 192 valence electrons. The molecule has 0 aliphatic carbocycles. The summed E-state index contributed by atoms with van der Waals surface area (Å²) in [5, 5.41) is 7.36. The summed E-state index contributed by atoms with van der Waals surface area (Å²) >= 11 is 12.9. The van der Waals surface area contributed by atoms with Gasteiger partial charge in [-0.25, -0.2) is 9.36 Å². The normalized spacial score (nSPS) is 11.1. The van der Waals surface area contributed by atoms with Gasteiger partial charge in [-0.2, -0.15) is 0 Å². The molecule has 2 N–H and O–H groups in total. The van der Waals surface area contributed by atoms with Gasteiger partial charge in [-0.15, -0.1) is 0 Å². The van der Waals surface area contributed by atoms with E-state index in [9.17, 15) is 9.59 Å². The number of halogens is 2. The largest absolute Gasteiger partial charge is 0.290 e. The van der Waals surface area contributed by atoms with E-state index < -0.39 is 0 Å². The molecule has 8 heteroatoms. The minimum absolute atomic E-state index is 0.0774. The van der Waals surface area contributed by atoms with Crippen LogP contribution in [-0.4, -0.2) is 19.6 Å². The molecule has 2 aromatic heterocycles. The number of H-pyrrole nitrogens is 2. The van der Waals surface area contributed by atoms with Crippen LogP contribution in [0.15, 0.2) is 119 Å². The van der Waals surface area contributed by atoms with Crippen LogP contribution in [0.25, 0.3) is 33.9 Å². The quantitative estimate of drug-likeness (QED) is 0.236. The number of aromatic nitrogens is 4. The van der Waals surface area contributed by atoms with E-state index in [1.54, 1.807) is 24.3 Å². The third kappa shape index (κ3) is 4.54. The van der Waals surface area contributed by atoms with E-state index in [4.69, 9.17) is 23.2 Å². The molecular formula is C31H22Cl2N4O2. The summed E-state index contributed by atoms with van der Waals surface area (Å²) in [6.45, 7) is 0. The molecule has 0 radical (unpaired) electrons. The van der Waals surface area contributed by atoms with Crippen molar-refractivity contribution in [2.75, 3.05) is 0 Å². The van der Waals surface area contributed by atoms with Gasteiger partial charge < -0.3 is 0 Å². The van der Waals surface area contributed by atoms with Gasteiger partial charge >= 0.3 is 0 Å². The van der Waals surface area contributed by atoms with Crippen molar-refractivity contribution in [2.24, 2.45) is 0 Å². The second-order valence-electron chi connectivity index (χ2n) is 9.02. The topological polar surface area (TPSA) is 75.6 Å². The molecular weight excluding hydrogens is 531 g/mol. The second-order valence-corrected chi connectivity index (χ2v) is 9.84. The molecule has 39 heavy (non-hydrogen) atoms. The fraction of sp³-hybridized carbons (Fsp3) is 0.0323. The highest BCUT2D eigenvalue weighted by molar-refractivity contribution is 6.32. The lowest BCUT2D eigenvalue weighted by atomic mass is 9.99. The number of hydrogen-bond acceptors (Lipinski definition) is 2. The maximum absolute atomic E-state index is 13.9. The lowest BCUT2D eigenvalue weighted by Crippen LogP contribution is -2.21. The van der Waals surface area contributed by atoms with Crippen LogP contribution >= 0.6 is 23.2 Å². The van der Waals surface area contributed by atoms with Crippen molar-refractivity contribution >= 4 is 23.2 Å². The first-order chi connectivity index (χ1) is 19.0. The Balaban J connectivity index is 1.59. The Morgan fingerprint density at radius 2 is 0.872 bits per heavy atom. The van der Waals surface area contributed by atoms with Crippen molar-refractivity contribution in [1.82, 2.24) is 19.6 Å². The molecule has 0 fully saturated rings. The number of hydrogen-bond donors (Lipinski definition) is 2. The van der Waals surface area contributed by atoms with Crippen LogP contribution in [0, 0.1) is 0 Å². The van der Waals surface area contributed by atoms with Crippen LogP contribution in [0.3, 0.4) is 0 Å². The minimum Gasteiger partial charge on any atom is -0.290 e. The third-order valence-electron chi connectivity index (χ3n) is 6.64. The average Bonchev–Trinajstić information content (AvgIpc) is 3.47. The summed E-state index contributed by atoms with van der Waals surface area (Å²) in [6, 6.07) is 33.4. The van der Waals surface area contributed by atoms with E-state index in [1.807, 2.05) is 84.9 Å². The molecule has 0 saturated heterocycles. The standard InChI is InChI=1S/C31H22Cl2N4O2/c32-24-15-7-9-17-26(24)36-30(38)22(28(34-36)20-11-3-1-4-12-20)19-23-29(21-13-5-2-6-14-21)35-37(31(23)39)27-18-10-8-16-25(27)33/h1-18,34-35H,19H2. The summed E-state index contributed by atoms with van der Waals surface area (Å²) in [6.07, 6.45) is 0.0774. The highest BCUT2D eigenvalue weighted by atomic mass is 35.5. The third-order valence-corrected chi connectivity index (χ3v) is 7.28. The molecule has 6 rings (SSSR count). The van der Waals surface area contributed by atoms with Crippen LogP contribution in [0.5, 0.6) is 0 Å². The summed E-state index contributed by atoms with van der Waals surface area (Å²) in [4.78, 5) is 27.9.